The second kappa shape index (κ2) is 8.38. The summed E-state index contributed by atoms with van der Waals surface area (Å²) < 4.78 is 64.7. The number of amides is 1. The zero-order valence-electron chi connectivity index (χ0n) is 15.2. The van der Waals surface area contributed by atoms with E-state index in [1.165, 1.54) is 18.2 Å². The summed E-state index contributed by atoms with van der Waals surface area (Å²) in [6.07, 6.45) is -8.24. The summed E-state index contributed by atoms with van der Waals surface area (Å²) in [5.41, 5.74) is -1.51. The Hall–Kier alpha value is -2.65. The molecule has 1 heterocycles. The fourth-order valence-electron chi connectivity index (χ4n) is 3.51. The molecule has 2 N–H and O–H groups in total. The number of alkyl halides is 3. The van der Waals surface area contributed by atoms with Gasteiger partial charge in [0.15, 0.2) is 6.10 Å². The fourth-order valence-corrected chi connectivity index (χ4v) is 3.51. The Bertz CT molecular complexity index is 846. The lowest BCUT2D eigenvalue weighted by Gasteiger charge is -2.35. The quantitative estimate of drug-likeness (QED) is 0.737. The van der Waals surface area contributed by atoms with Crippen LogP contribution in [-0.2, 0) is 21.6 Å². The van der Waals surface area contributed by atoms with Gasteiger partial charge in [0.2, 0.25) is 0 Å². The number of aliphatic hydroxyl groups excluding tert-OH is 1. The van der Waals surface area contributed by atoms with Gasteiger partial charge >= 0.3 is 12.3 Å². The minimum Gasteiger partial charge on any atom is -0.445 e. The summed E-state index contributed by atoms with van der Waals surface area (Å²) >= 11 is 0. The number of alkyl carbamates (subject to hydrolysis) is 1. The van der Waals surface area contributed by atoms with Crippen molar-refractivity contribution in [1.29, 1.82) is 0 Å². The highest BCUT2D eigenvalue weighted by atomic mass is 19.4. The van der Waals surface area contributed by atoms with Gasteiger partial charge in [0.1, 0.15) is 18.0 Å². The van der Waals surface area contributed by atoms with Gasteiger partial charge < -0.3 is 19.9 Å². The van der Waals surface area contributed by atoms with Gasteiger partial charge in [0.05, 0.1) is 13.2 Å². The first-order valence-corrected chi connectivity index (χ1v) is 8.81. The van der Waals surface area contributed by atoms with Crippen LogP contribution in [0.15, 0.2) is 54.6 Å². The van der Waals surface area contributed by atoms with Gasteiger partial charge in [0, 0.05) is 11.5 Å². The minimum atomic E-state index is -4.81. The molecule has 0 bridgehead atoms. The Kier molecular flexibility index (Phi) is 6.09. The maximum Gasteiger partial charge on any atom is 0.415 e. The van der Waals surface area contributed by atoms with Crippen molar-refractivity contribution in [2.75, 3.05) is 13.2 Å². The molecule has 0 spiro atoms. The van der Waals surface area contributed by atoms with E-state index in [0.29, 0.717) is 5.56 Å². The van der Waals surface area contributed by atoms with E-state index < -0.39 is 48.9 Å². The SMILES string of the molecule is O=C(N[C@@]1(c2ccccc2F)CO[C@H](C(F)(F)F)C1CO)OCc1ccccc1. The van der Waals surface area contributed by atoms with Crippen LogP contribution >= 0.6 is 0 Å². The second-order valence-corrected chi connectivity index (χ2v) is 6.70. The van der Waals surface area contributed by atoms with E-state index in [1.807, 2.05) is 0 Å². The van der Waals surface area contributed by atoms with Crippen LogP contribution < -0.4 is 5.32 Å². The van der Waals surface area contributed by atoms with Crippen LogP contribution in [0, 0.1) is 11.7 Å². The second-order valence-electron chi connectivity index (χ2n) is 6.70. The molecule has 0 aliphatic carbocycles. The van der Waals surface area contributed by atoms with E-state index in [2.05, 4.69) is 5.32 Å². The van der Waals surface area contributed by atoms with Crippen molar-refractivity contribution in [1.82, 2.24) is 5.32 Å². The molecule has 1 aliphatic rings. The predicted molar refractivity (Wildman–Crippen MR) is 94.2 cm³/mol. The number of benzene rings is 2. The number of hydrogen-bond acceptors (Lipinski definition) is 4. The Balaban J connectivity index is 1.90. The zero-order valence-corrected chi connectivity index (χ0v) is 15.2. The molecule has 2 aromatic rings. The first kappa shape index (κ1) is 21.1. The molecule has 1 saturated heterocycles. The summed E-state index contributed by atoms with van der Waals surface area (Å²) in [7, 11) is 0. The highest BCUT2D eigenvalue weighted by Crippen LogP contribution is 2.45. The number of rotatable bonds is 5. The summed E-state index contributed by atoms with van der Waals surface area (Å²) in [5.74, 6) is -2.50. The summed E-state index contributed by atoms with van der Waals surface area (Å²) in [5, 5.41) is 12.1. The van der Waals surface area contributed by atoms with Gasteiger partial charge in [-0.2, -0.15) is 13.2 Å². The van der Waals surface area contributed by atoms with Crippen molar-refractivity contribution < 1.29 is 36.9 Å². The lowest BCUT2D eigenvalue weighted by molar-refractivity contribution is -0.219. The minimum absolute atomic E-state index is 0.132. The van der Waals surface area contributed by atoms with Crippen LogP contribution in [0.4, 0.5) is 22.4 Å². The van der Waals surface area contributed by atoms with Crippen molar-refractivity contribution in [3.63, 3.8) is 0 Å². The Morgan fingerprint density at radius 3 is 2.45 bits per heavy atom. The number of nitrogens with one attached hydrogen (secondary N) is 1. The molecule has 0 aromatic heterocycles. The first-order valence-electron chi connectivity index (χ1n) is 8.81. The molecule has 5 nitrogen and oxygen atoms in total. The average Bonchev–Trinajstić information content (AvgIpc) is 3.07. The van der Waals surface area contributed by atoms with Crippen LogP contribution in [0.25, 0.3) is 0 Å². The molecule has 3 rings (SSSR count). The van der Waals surface area contributed by atoms with Crippen LogP contribution in [0.1, 0.15) is 11.1 Å². The van der Waals surface area contributed by atoms with E-state index in [-0.39, 0.29) is 12.2 Å². The first-order chi connectivity index (χ1) is 13.8. The molecular formula is C20H19F4NO4. The standard InChI is InChI=1S/C20H19F4NO4/c21-16-9-5-4-8-14(16)19(12-29-17(15(19)10-26)20(22,23)24)25-18(27)28-11-13-6-2-1-3-7-13/h1-9,15,17,26H,10-12H2,(H,25,27)/t15?,17-,19+/m0/s1. The monoisotopic (exact) mass is 413 g/mol. The number of aliphatic hydroxyl groups is 1. The van der Waals surface area contributed by atoms with Gasteiger partial charge in [-0.05, 0) is 11.6 Å². The third-order valence-electron chi connectivity index (χ3n) is 4.90. The van der Waals surface area contributed by atoms with E-state index in [1.54, 1.807) is 30.3 Å². The van der Waals surface area contributed by atoms with Crippen LogP contribution in [0.2, 0.25) is 0 Å². The molecule has 1 fully saturated rings. The van der Waals surface area contributed by atoms with Gasteiger partial charge in [0.25, 0.3) is 0 Å². The molecule has 1 aliphatic heterocycles. The van der Waals surface area contributed by atoms with Gasteiger partial charge in [-0.3, -0.25) is 0 Å². The van der Waals surface area contributed by atoms with Crippen LogP contribution in [0.5, 0.6) is 0 Å². The smallest absolute Gasteiger partial charge is 0.415 e. The van der Waals surface area contributed by atoms with E-state index in [4.69, 9.17) is 9.47 Å². The molecule has 9 heteroatoms. The summed E-state index contributed by atoms with van der Waals surface area (Å²) in [6, 6.07) is 13.7. The molecule has 1 amide bonds. The van der Waals surface area contributed by atoms with Crippen molar-refractivity contribution in [2.24, 2.45) is 5.92 Å². The molecule has 2 aromatic carbocycles. The number of hydrogen-bond donors (Lipinski definition) is 2. The summed E-state index contributed by atoms with van der Waals surface area (Å²) in [4.78, 5) is 12.4. The van der Waals surface area contributed by atoms with Crippen molar-refractivity contribution in [3.05, 3.63) is 71.5 Å². The maximum absolute atomic E-state index is 14.5. The van der Waals surface area contributed by atoms with Gasteiger partial charge in [-0.25, -0.2) is 9.18 Å². The van der Waals surface area contributed by atoms with E-state index in [0.717, 1.165) is 6.07 Å². The van der Waals surface area contributed by atoms with Crippen molar-refractivity contribution >= 4 is 6.09 Å². The number of carbonyl (C=O) groups is 1. The third kappa shape index (κ3) is 4.35. The van der Waals surface area contributed by atoms with Gasteiger partial charge in [-0.15, -0.1) is 0 Å². The maximum atomic E-state index is 14.5. The highest BCUT2D eigenvalue weighted by molar-refractivity contribution is 5.69. The summed E-state index contributed by atoms with van der Waals surface area (Å²) in [6.45, 7) is -1.80. The van der Waals surface area contributed by atoms with E-state index >= 15 is 0 Å². The average molecular weight is 413 g/mol. The largest absolute Gasteiger partial charge is 0.445 e. The van der Waals surface area contributed by atoms with Gasteiger partial charge in [-0.1, -0.05) is 48.5 Å². The predicted octanol–water partition coefficient (Wildman–Crippen LogP) is 3.52. The fraction of sp³-hybridized carbons (Fsp3) is 0.350. The Labute approximate surface area is 164 Å². The highest BCUT2D eigenvalue weighted by Gasteiger charge is 2.61. The molecule has 0 radical (unpaired) electrons. The number of ether oxygens (including phenoxy) is 2. The van der Waals surface area contributed by atoms with Crippen molar-refractivity contribution in [2.45, 2.75) is 24.4 Å². The van der Waals surface area contributed by atoms with E-state index in [9.17, 15) is 27.5 Å². The molecule has 29 heavy (non-hydrogen) atoms. The van der Waals surface area contributed by atoms with Crippen LogP contribution in [-0.4, -0.2) is 36.7 Å². The molecule has 0 saturated carbocycles. The number of carbonyl (C=O) groups excluding carboxylic acids is 1. The zero-order chi connectivity index (χ0) is 21.1. The number of halogens is 4. The topological polar surface area (TPSA) is 67.8 Å². The van der Waals surface area contributed by atoms with Crippen molar-refractivity contribution in [3.8, 4) is 0 Å². The third-order valence-corrected chi connectivity index (χ3v) is 4.90. The lowest BCUT2D eigenvalue weighted by Crippen LogP contribution is -2.55. The lowest BCUT2D eigenvalue weighted by atomic mass is 9.77. The Morgan fingerprint density at radius 2 is 1.83 bits per heavy atom. The molecule has 156 valence electrons. The Morgan fingerprint density at radius 1 is 1.17 bits per heavy atom. The molecule has 1 unspecified atom stereocenters. The van der Waals surface area contributed by atoms with Crippen LogP contribution in [0.3, 0.4) is 0 Å². The molecule has 3 atom stereocenters. The normalized spacial score (nSPS) is 24.3. The molecular weight excluding hydrogens is 394 g/mol.